The maximum Gasteiger partial charge on any atom is 0.320 e. The zero-order chi connectivity index (χ0) is 6.73. The fourth-order valence-corrected chi connectivity index (χ4v) is 0.285. The molecule has 0 aromatic rings. The summed E-state index contributed by atoms with van der Waals surface area (Å²) in [5.41, 5.74) is 5.16. The molecule has 0 unspecified atom stereocenters. The SMILES string of the molecule is CC(C)[C@@H](N)C(=O)O.Cl.O. The maximum absolute atomic E-state index is 10.0. The van der Waals surface area contributed by atoms with Gasteiger partial charge < -0.3 is 16.3 Å². The standard InChI is InChI=1S/C5H11NO2.ClH.H2O/c1-3(2)4(6)5(7)8;;/h3-4H,6H2,1-2H3,(H,7,8);1H;1H2/t4-;;/m1../s1. The van der Waals surface area contributed by atoms with Gasteiger partial charge in [-0.15, -0.1) is 12.4 Å². The van der Waals surface area contributed by atoms with Gasteiger partial charge in [0.1, 0.15) is 6.04 Å². The molecule has 5 N–H and O–H groups in total. The fraction of sp³-hybridized carbons (Fsp3) is 0.800. The molecule has 0 aliphatic rings. The van der Waals surface area contributed by atoms with Gasteiger partial charge in [-0.1, -0.05) is 13.8 Å². The highest BCUT2D eigenvalue weighted by molar-refractivity contribution is 5.85. The molecule has 0 heterocycles. The number of carboxylic acids is 1. The Kier molecular flexibility index (Phi) is 11.1. The van der Waals surface area contributed by atoms with Gasteiger partial charge in [0.15, 0.2) is 0 Å². The summed E-state index contributed by atoms with van der Waals surface area (Å²) < 4.78 is 0. The molecule has 0 saturated carbocycles. The van der Waals surface area contributed by atoms with Crippen LogP contribution in [0.4, 0.5) is 0 Å². The first kappa shape index (κ1) is 16.3. The molecule has 0 aromatic carbocycles. The highest BCUT2D eigenvalue weighted by Crippen LogP contribution is 1.96. The minimum atomic E-state index is -0.931. The van der Waals surface area contributed by atoms with Gasteiger partial charge in [-0.05, 0) is 5.92 Å². The van der Waals surface area contributed by atoms with Crippen molar-refractivity contribution in [1.29, 1.82) is 0 Å². The minimum absolute atomic E-state index is 0. The van der Waals surface area contributed by atoms with E-state index in [1.54, 1.807) is 13.8 Å². The Bertz CT molecular complexity index is 96.9. The van der Waals surface area contributed by atoms with Crippen molar-refractivity contribution < 1.29 is 15.4 Å². The second-order valence-corrected chi connectivity index (χ2v) is 2.11. The summed E-state index contributed by atoms with van der Waals surface area (Å²) in [6.45, 7) is 3.55. The normalized spacial score (nSPS) is 11.2. The smallest absolute Gasteiger partial charge is 0.320 e. The summed E-state index contributed by atoms with van der Waals surface area (Å²) >= 11 is 0. The Hall–Kier alpha value is -0.320. The quantitative estimate of drug-likeness (QED) is 0.595. The van der Waals surface area contributed by atoms with Crippen molar-refractivity contribution in [2.45, 2.75) is 19.9 Å². The Morgan fingerprint density at radius 3 is 1.80 bits per heavy atom. The van der Waals surface area contributed by atoms with Gasteiger partial charge in [0.05, 0.1) is 0 Å². The van der Waals surface area contributed by atoms with Crippen LogP contribution in [0.2, 0.25) is 0 Å². The zero-order valence-electron chi connectivity index (χ0n) is 6.00. The van der Waals surface area contributed by atoms with Crippen LogP contribution in [-0.2, 0) is 4.79 Å². The second-order valence-electron chi connectivity index (χ2n) is 2.11. The molecule has 0 amide bonds. The van der Waals surface area contributed by atoms with E-state index in [9.17, 15) is 4.79 Å². The largest absolute Gasteiger partial charge is 0.480 e. The first-order valence-corrected chi connectivity index (χ1v) is 2.54. The number of hydrogen-bond donors (Lipinski definition) is 2. The van der Waals surface area contributed by atoms with Gasteiger partial charge in [0.25, 0.3) is 0 Å². The predicted octanol–water partition coefficient (Wildman–Crippen LogP) is -0.349. The van der Waals surface area contributed by atoms with Gasteiger partial charge in [-0.25, -0.2) is 0 Å². The molecule has 1 atom stereocenters. The van der Waals surface area contributed by atoms with Crippen molar-refractivity contribution in [1.82, 2.24) is 0 Å². The lowest BCUT2D eigenvalue weighted by Gasteiger charge is -2.07. The molecular weight excluding hydrogens is 158 g/mol. The molecule has 5 heteroatoms. The third kappa shape index (κ3) is 5.81. The average Bonchev–Trinajstić information content (AvgIpc) is 1.64. The number of nitrogens with two attached hydrogens (primary N) is 1. The van der Waals surface area contributed by atoms with Gasteiger partial charge in [-0.2, -0.15) is 0 Å². The Morgan fingerprint density at radius 1 is 1.50 bits per heavy atom. The van der Waals surface area contributed by atoms with Crippen LogP contribution in [0.15, 0.2) is 0 Å². The molecule has 10 heavy (non-hydrogen) atoms. The second kappa shape index (κ2) is 6.80. The first-order chi connectivity index (χ1) is 3.55. The van der Waals surface area contributed by atoms with Crippen molar-refractivity contribution in [2.24, 2.45) is 11.7 Å². The van der Waals surface area contributed by atoms with Crippen LogP contribution in [0.25, 0.3) is 0 Å². The number of carboxylic acid groups (broad SMARTS) is 1. The molecule has 0 radical (unpaired) electrons. The maximum atomic E-state index is 10.0. The summed E-state index contributed by atoms with van der Waals surface area (Å²) in [5, 5.41) is 8.23. The number of carbonyl (C=O) groups is 1. The number of hydrogen-bond acceptors (Lipinski definition) is 2. The van der Waals surface area contributed by atoms with Crippen LogP contribution in [0.5, 0.6) is 0 Å². The van der Waals surface area contributed by atoms with Crippen molar-refractivity contribution in [3.05, 3.63) is 0 Å². The van der Waals surface area contributed by atoms with Gasteiger partial charge in [0.2, 0.25) is 0 Å². The van der Waals surface area contributed by atoms with Crippen LogP contribution in [0.1, 0.15) is 13.8 Å². The summed E-state index contributed by atoms with van der Waals surface area (Å²) in [6.07, 6.45) is 0. The third-order valence-electron chi connectivity index (χ3n) is 1.00. The van der Waals surface area contributed by atoms with Gasteiger partial charge in [-0.3, -0.25) is 4.79 Å². The summed E-state index contributed by atoms with van der Waals surface area (Å²) in [4.78, 5) is 10.0. The molecule has 0 fully saturated rings. The number of rotatable bonds is 2. The van der Waals surface area contributed by atoms with E-state index in [0.29, 0.717) is 0 Å². The van der Waals surface area contributed by atoms with Crippen molar-refractivity contribution in [3.8, 4) is 0 Å². The van der Waals surface area contributed by atoms with Crippen molar-refractivity contribution >= 4 is 18.4 Å². The third-order valence-corrected chi connectivity index (χ3v) is 1.00. The summed E-state index contributed by atoms with van der Waals surface area (Å²) in [5.74, 6) is -0.910. The first-order valence-electron chi connectivity index (χ1n) is 2.54. The van der Waals surface area contributed by atoms with Crippen LogP contribution in [0.3, 0.4) is 0 Å². The molecule has 0 aromatic heterocycles. The highest BCUT2D eigenvalue weighted by atomic mass is 35.5. The number of halogens is 1. The highest BCUT2D eigenvalue weighted by Gasteiger charge is 2.14. The van der Waals surface area contributed by atoms with E-state index in [4.69, 9.17) is 10.8 Å². The van der Waals surface area contributed by atoms with Gasteiger partial charge >= 0.3 is 5.97 Å². The molecule has 0 aliphatic heterocycles. The van der Waals surface area contributed by atoms with Gasteiger partial charge in [0, 0.05) is 0 Å². The average molecular weight is 172 g/mol. The molecule has 0 aliphatic carbocycles. The van der Waals surface area contributed by atoms with Crippen molar-refractivity contribution in [2.75, 3.05) is 0 Å². The lowest BCUT2D eigenvalue weighted by Crippen LogP contribution is -2.34. The lowest BCUT2D eigenvalue weighted by atomic mass is 10.1. The van der Waals surface area contributed by atoms with E-state index >= 15 is 0 Å². The van der Waals surface area contributed by atoms with Crippen LogP contribution in [-0.4, -0.2) is 22.6 Å². The molecule has 0 bridgehead atoms. The molecule has 64 valence electrons. The molecule has 4 nitrogen and oxygen atoms in total. The summed E-state index contributed by atoms with van der Waals surface area (Å²) in [7, 11) is 0. The Labute approximate surface area is 66.1 Å². The lowest BCUT2D eigenvalue weighted by molar-refractivity contribution is -0.139. The van der Waals surface area contributed by atoms with Crippen LogP contribution < -0.4 is 5.73 Å². The Morgan fingerprint density at radius 2 is 1.80 bits per heavy atom. The van der Waals surface area contributed by atoms with E-state index in [-0.39, 0.29) is 23.8 Å². The monoisotopic (exact) mass is 171 g/mol. The van der Waals surface area contributed by atoms with Crippen molar-refractivity contribution in [3.63, 3.8) is 0 Å². The van der Waals surface area contributed by atoms with Crippen LogP contribution in [0, 0.1) is 5.92 Å². The molecule has 0 rings (SSSR count). The fourth-order valence-electron chi connectivity index (χ4n) is 0.285. The topological polar surface area (TPSA) is 94.8 Å². The molecule has 0 spiro atoms. The van der Waals surface area contributed by atoms with E-state index in [1.165, 1.54) is 0 Å². The predicted molar refractivity (Wildman–Crippen MR) is 41.3 cm³/mol. The van der Waals surface area contributed by atoms with E-state index in [0.717, 1.165) is 0 Å². The zero-order valence-corrected chi connectivity index (χ0v) is 6.81. The van der Waals surface area contributed by atoms with Crippen LogP contribution >= 0.6 is 12.4 Å². The van der Waals surface area contributed by atoms with E-state index in [1.807, 2.05) is 0 Å². The minimum Gasteiger partial charge on any atom is -0.480 e. The summed E-state index contributed by atoms with van der Waals surface area (Å²) in [6, 6.07) is -0.713. The molecule has 0 saturated heterocycles. The molecular formula is C5H14ClNO3. The Balaban J connectivity index is -0.000000245. The number of aliphatic carboxylic acids is 1. The van der Waals surface area contributed by atoms with E-state index < -0.39 is 12.0 Å². The van der Waals surface area contributed by atoms with E-state index in [2.05, 4.69) is 0 Å².